The number of benzene rings is 3. The number of pyridine rings is 1. The van der Waals surface area contributed by atoms with Crippen LogP contribution in [-0.4, -0.2) is 83.7 Å². The molecule has 1 unspecified atom stereocenters. The Morgan fingerprint density at radius 2 is 1.71 bits per heavy atom. The third kappa shape index (κ3) is 6.73. The van der Waals surface area contributed by atoms with Gasteiger partial charge in [-0.2, -0.15) is 9.97 Å². The van der Waals surface area contributed by atoms with Crippen molar-refractivity contribution in [2.24, 2.45) is 0 Å². The Balaban J connectivity index is 1.41. The lowest BCUT2D eigenvalue weighted by atomic mass is 10.1. The van der Waals surface area contributed by atoms with E-state index >= 15 is 0 Å². The van der Waals surface area contributed by atoms with Crippen LogP contribution in [0.25, 0.3) is 16.7 Å². The summed E-state index contributed by atoms with van der Waals surface area (Å²) >= 11 is -1.45. The average Bonchev–Trinajstić information content (AvgIpc) is 3.09. The Morgan fingerprint density at radius 3 is 2.42 bits per heavy atom. The van der Waals surface area contributed by atoms with Crippen LogP contribution in [0.4, 0.5) is 27.5 Å². The predicted octanol–water partition coefficient (Wildman–Crippen LogP) is 5.12. The Kier molecular flexibility index (Phi) is 9.67. The van der Waals surface area contributed by atoms with Gasteiger partial charge in [0.2, 0.25) is 0 Å². The fraction of sp³-hybridized carbons (Fsp3) is 0.278. The normalized spacial score (nSPS) is 13.5. The van der Waals surface area contributed by atoms with Crippen LogP contribution in [0.5, 0.6) is 0 Å². The number of aryl methyl sites for hydroxylation is 1. The molecule has 1 atom stereocenters. The van der Waals surface area contributed by atoms with Gasteiger partial charge in [0, 0.05) is 61.7 Å². The summed E-state index contributed by atoms with van der Waals surface area (Å²) in [5.74, 6) is 0. The summed E-state index contributed by atoms with van der Waals surface area (Å²) in [5, 5.41) is 0.761. The van der Waals surface area contributed by atoms with Crippen molar-refractivity contribution in [3.63, 3.8) is 0 Å². The zero-order valence-corrected chi connectivity index (χ0v) is 28.6. The molecular formula is C36H39N7O4S. The Labute approximate surface area is 283 Å². The van der Waals surface area contributed by atoms with Crippen LogP contribution >= 0.6 is 0 Å². The summed E-state index contributed by atoms with van der Waals surface area (Å²) in [6.07, 6.45) is 2.67. The van der Waals surface area contributed by atoms with Gasteiger partial charge in [-0.05, 0) is 68.5 Å². The molecule has 3 heterocycles. The molecule has 0 saturated heterocycles. The molecule has 11 nitrogen and oxygen atoms in total. The number of likely N-dealkylation sites (N-methyl/N-ethyl adjacent to an activating group) is 2. The first-order valence-electron chi connectivity index (χ1n) is 15.7. The van der Waals surface area contributed by atoms with Crippen LogP contribution in [-0.2, 0) is 22.5 Å². The average molecular weight is 666 g/mol. The Hall–Kier alpha value is -4.91. The fourth-order valence-electron chi connectivity index (χ4n) is 5.85. The van der Waals surface area contributed by atoms with Crippen molar-refractivity contribution in [2.75, 3.05) is 68.3 Å². The van der Waals surface area contributed by atoms with E-state index in [0.29, 0.717) is 46.9 Å². The maximum atomic E-state index is 14.6. The van der Waals surface area contributed by atoms with Gasteiger partial charge in [-0.3, -0.25) is 14.3 Å². The van der Waals surface area contributed by atoms with Crippen molar-refractivity contribution in [2.45, 2.75) is 18.7 Å². The smallest absolute Gasteiger partial charge is 0.414 e. The van der Waals surface area contributed by atoms with Crippen LogP contribution in [0.15, 0.2) is 95.0 Å². The number of aromatic nitrogens is 3. The number of amides is 1. The molecule has 6 rings (SSSR count). The summed E-state index contributed by atoms with van der Waals surface area (Å²) in [6.45, 7) is 4.50. The van der Waals surface area contributed by atoms with Crippen molar-refractivity contribution >= 4 is 51.1 Å². The number of ether oxygens (including phenoxy) is 1. The second-order valence-corrected chi connectivity index (χ2v) is 13.4. The molecule has 0 bridgehead atoms. The zero-order valence-electron chi connectivity index (χ0n) is 27.8. The second kappa shape index (κ2) is 14.1. The highest BCUT2D eigenvalue weighted by Crippen LogP contribution is 2.40. The van der Waals surface area contributed by atoms with Crippen LogP contribution in [0.2, 0.25) is 0 Å². The number of para-hydroxylation sites is 1. The third-order valence-corrected chi connectivity index (χ3v) is 9.14. The minimum Gasteiger partial charge on any atom is -0.609 e. The minimum atomic E-state index is -1.45. The molecule has 3 aromatic carbocycles. The number of carbonyl (C=O) groups is 1. The number of nitrogens with zero attached hydrogens (tertiary/aromatic N) is 7. The lowest BCUT2D eigenvalue weighted by Crippen LogP contribution is -2.44. The van der Waals surface area contributed by atoms with Crippen molar-refractivity contribution in [3.05, 3.63) is 107 Å². The highest BCUT2D eigenvalue weighted by atomic mass is 32.2. The molecule has 48 heavy (non-hydrogen) atoms. The maximum absolute atomic E-state index is 14.6. The van der Waals surface area contributed by atoms with E-state index in [1.165, 1.54) is 6.26 Å². The first kappa shape index (κ1) is 33.0. The minimum absolute atomic E-state index is 0.145. The van der Waals surface area contributed by atoms with E-state index in [-0.39, 0.29) is 17.3 Å². The predicted molar refractivity (Wildman–Crippen MR) is 191 cm³/mol. The van der Waals surface area contributed by atoms with E-state index in [1.54, 1.807) is 21.7 Å². The molecule has 12 heteroatoms. The van der Waals surface area contributed by atoms with E-state index < -0.39 is 17.3 Å². The summed E-state index contributed by atoms with van der Waals surface area (Å²) < 4.78 is 19.7. The number of rotatable bonds is 9. The number of fused-ring (bicyclic) bond motifs is 2. The lowest BCUT2D eigenvalue weighted by molar-refractivity contribution is 0.147. The van der Waals surface area contributed by atoms with Crippen LogP contribution < -0.4 is 20.3 Å². The quantitative estimate of drug-likeness (QED) is 0.157. The molecule has 5 aromatic rings. The van der Waals surface area contributed by atoms with E-state index in [2.05, 4.69) is 19.8 Å². The van der Waals surface area contributed by atoms with E-state index in [4.69, 9.17) is 4.74 Å². The molecule has 1 aliphatic heterocycles. The number of hydrogen-bond acceptors (Lipinski definition) is 9. The monoisotopic (exact) mass is 665 g/mol. The van der Waals surface area contributed by atoms with Crippen LogP contribution in [0.1, 0.15) is 11.1 Å². The molecular weight excluding hydrogens is 627 g/mol. The fourth-order valence-corrected chi connectivity index (χ4v) is 6.26. The van der Waals surface area contributed by atoms with Gasteiger partial charge in [-0.25, -0.2) is 4.79 Å². The van der Waals surface area contributed by atoms with Gasteiger partial charge in [0.15, 0.2) is 5.65 Å². The molecule has 2 aromatic heterocycles. The molecule has 0 aliphatic carbocycles. The standard InChI is InChI=1S/C36H39N7O4S/c1-25-10-9-13-30-32(25)42(36(45)47-24-26-11-7-6-8-12-26)21-20-41(30)31-22-27-23-37-35(48(5)46)38-33(27)43(34(31)44)29-16-14-28(15-17-29)40(4)19-18-39(2)3/h6-17,22-23H,18-21,24H2,1-5H3. The third-order valence-electron chi connectivity index (χ3n) is 8.43. The van der Waals surface area contributed by atoms with Crippen molar-refractivity contribution < 1.29 is 14.1 Å². The summed E-state index contributed by atoms with van der Waals surface area (Å²) in [6, 6.07) is 24.9. The topological polar surface area (TPSA) is 110 Å². The Bertz CT molecular complexity index is 1980. The zero-order chi connectivity index (χ0) is 33.9. The van der Waals surface area contributed by atoms with E-state index in [9.17, 15) is 14.1 Å². The van der Waals surface area contributed by atoms with Gasteiger partial charge >= 0.3 is 11.2 Å². The van der Waals surface area contributed by atoms with Crippen molar-refractivity contribution in [3.8, 4) is 5.69 Å². The number of anilines is 4. The van der Waals surface area contributed by atoms with Gasteiger partial charge in [-0.1, -0.05) is 42.5 Å². The first-order valence-corrected chi connectivity index (χ1v) is 17.3. The lowest BCUT2D eigenvalue weighted by Gasteiger charge is -2.38. The van der Waals surface area contributed by atoms with Crippen LogP contribution in [0.3, 0.4) is 0 Å². The molecule has 248 valence electrons. The van der Waals surface area contributed by atoms with Gasteiger partial charge in [-0.15, -0.1) is 0 Å². The summed E-state index contributed by atoms with van der Waals surface area (Å²) in [7, 11) is 6.11. The van der Waals surface area contributed by atoms with Gasteiger partial charge in [0.25, 0.3) is 5.56 Å². The van der Waals surface area contributed by atoms with Crippen LogP contribution in [0, 0.1) is 6.92 Å². The Morgan fingerprint density at radius 1 is 0.958 bits per heavy atom. The van der Waals surface area contributed by atoms with Gasteiger partial charge in [0.1, 0.15) is 18.6 Å². The highest BCUT2D eigenvalue weighted by Gasteiger charge is 2.32. The summed E-state index contributed by atoms with van der Waals surface area (Å²) in [4.78, 5) is 44.8. The van der Waals surface area contributed by atoms with Gasteiger partial charge in [0.05, 0.1) is 17.1 Å². The van der Waals surface area contributed by atoms with E-state index in [0.717, 1.165) is 29.9 Å². The van der Waals surface area contributed by atoms with E-state index in [1.807, 2.05) is 106 Å². The summed E-state index contributed by atoms with van der Waals surface area (Å²) in [5.41, 5.74) is 5.29. The van der Waals surface area contributed by atoms with Gasteiger partial charge < -0.3 is 24.0 Å². The molecule has 0 fully saturated rings. The SMILES string of the molecule is Cc1cccc2c1N(C(=O)OCc1ccccc1)CCN2c1cc2cnc([S+](C)[O-])nc2n(-c2ccc(N(C)CCN(C)C)cc2)c1=O. The molecule has 1 aliphatic rings. The molecule has 0 radical (unpaired) electrons. The van der Waals surface area contributed by atoms with Crippen molar-refractivity contribution in [1.29, 1.82) is 0 Å². The van der Waals surface area contributed by atoms with Crippen molar-refractivity contribution in [1.82, 2.24) is 19.4 Å². The maximum Gasteiger partial charge on any atom is 0.414 e. The number of carbonyl (C=O) groups excluding carboxylic acids is 1. The largest absolute Gasteiger partial charge is 0.609 e. The molecule has 0 N–H and O–H groups in total. The second-order valence-electron chi connectivity index (χ2n) is 12.1. The number of hydrogen-bond donors (Lipinski definition) is 0. The first-order chi connectivity index (χ1) is 23.1. The molecule has 0 spiro atoms. The molecule has 1 amide bonds. The highest BCUT2D eigenvalue weighted by molar-refractivity contribution is 7.90. The molecule has 0 saturated carbocycles.